The highest BCUT2D eigenvalue weighted by Gasteiger charge is 2.13. The molecule has 0 saturated heterocycles. The Kier molecular flexibility index (Phi) is 6.22. The number of aromatic amines is 1. The topological polar surface area (TPSA) is 113 Å². The number of H-pyrrole nitrogens is 1. The van der Waals surface area contributed by atoms with Crippen molar-refractivity contribution in [2.75, 3.05) is 19.0 Å². The van der Waals surface area contributed by atoms with Crippen molar-refractivity contribution in [2.45, 2.75) is 0 Å². The minimum Gasteiger partial charge on any atom is -0.464 e. The summed E-state index contributed by atoms with van der Waals surface area (Å²) in [6.07, 6.45) is 1.63. The van der Waals surface area contributed by atoms with Crippen LogP contribution in [0.3, 0.4) is 0 Å². The highest BCUT2D eigenvalue weighted by Crippen LogP contribution is 2.25. The van der Waals surface area contributed by atoms with Gasteiger partial charge in [0.05, 0.1) is 19.3 Å². The van der Waals surface area contributed by atoms with E-state index >= 15 is 0 Å². The molecular formula is C18H15BrN4O4S. The van der Waals surface area contributed by atoms with E-state index in [0.29, 0.717) is 27.6 Å². The van der Waals surface area contributed by atoms with Crippen molar-refractivity contribution >= 4 is 50.2 Å². The number of esters is 1. The van der Waals surface area contributed by atoms with Gasteiger partial charge in [0, 0.05) is 27.2 Å². The molecular weight excluding hydrogens is 448 g/mol. The molecule has 144 valence electrons. The van der Waals surface area contributed by atoms with E-state index in [-0.39, 0.29) is 12.5 Å². The Morgan fingerprint density at radius 2 is 2.11 bits per heavy atom. The molecule has 0 aliphatic carbocycles. The predicted molar refractivity (Wildman–Crippen MR) is 108 cm³/mol. The van der Waals surface area contributed by atoms with Crippen LogP contribution in [-0.4, -0.2) is 41.4 Å². The van der Waals surface area contributed by atoms with Gasteiger partial charge in [-0.15, -0.1) is 11.3 Å². The largest absolute Gasteiger partial charge is 0.464 e. The maximum Gasteiger partial charge on any atom is 0.354 e. The lowest BCUT2D eigenvalue weighted by atomic mass is 10.2. The van der Waals surface area contributed by atoms with Gasteiger partial charge in [-0.25, -0.2) is 9.78 Å². The van der Waals surface area contributed by atoms with Gasteiger partial charge in [-0.3, -0.25) is 9.59 Å². The number of hydrogen-bond donors (Lipinski definition) is 3. The first-order chi connectivity index (χ1) is 13.5. The molecule has 0 saturated carbocycles. The Balaban J connectivity index is 1.56. The number of aromatic nitrogens is 2. The van der Waals surface area contributed by atoms with Gasteiger partial charge in [0.25, 0.3) is 5.91 Å². The number of halogens is 1. The summed E-state index contributed by atoms with van der Waals surface area (Å²) in [5.41, 5.74) is 2.06. The minimum atomic E-state index is -0.476. The van der Waals surface area contributed by atoms with Crippen molar-refractivity contribution in [1.29, 1.82) is 0 Å². The molecule has 8 nitrogen and oxygen atoms in total. The summed E-state index contributed by atoms with van der Waals surface area (Å²) in [6.45, 7) is -0.184. The molecule has 1 aromatic carbocycles. The van der Waals surface area contributed by atoms with Gasteiger partial charge in [-0.2, -0.15) is 0 Å². The number of nitrogens with zero attached hydrogens (tertiary/aromatic N) is 1. The van der Waals surface area contributed by atoms with E-state index in [0.717, 1.165) is 4.47 Å². The van der Waals surface area contributed by atoms with E-state index in [9.17, 15) is 14.4 Å². The standard InChI is InChI=1S/C18H15BrN4O4S/c1-27-17(26)13-6-11(7-20-13)14-9-28-18(22-14)23-15(24)8-21-16(25)10-3-2-4-12(19)5-10/h2-7,9,20H,8H2,1H3,(H,21,25)(H,22,23,24). The second kappa shape index (κ2) is 8.81. The SMILES string of the molecule is COC(=O)c1cc(-c2csc(NC(=O)CNC(=O)c3cccc(Br)c3)n2)c[nH]1. The van der Waals surface area contributed by atoms with Crippen molar-refractivity contribution in [2.24, 2.45) is 0 Å². The molecule has 0 radical (unpaired) electrons. The van der Waals surface area contributed by atoms with Crippen LogP contribution in [0.2, 0.25) is 0 Å². The van der Waals surface area contributed by atoms with E-state index in [2.05, 4.69) is 41.3 Å². The maximum absolute atomic E-state index is 12.1. The fourth-order valence-electron chi connectivity index (χ4n) is 2.29. The van der Waals surface area contributed by atoms with E-state index < -0.39 is 11.9 Å². The van der Waals surface area contributed by atoms with Crippen LogP contribution in [0.15, 0.2) is 46.4 Å². The molecule has 0 bridgehead atoms. The lowest BCUT2D eigenvalue weighted by molar-refractivity contribution is -0.115. The number of carbonyl (C=O) groups excluding carboxylic acids is 3. The van der Waals surface area contributed by atoms with Crippen LogP contribution >= 0.6 is 27.3 Å². The van der Waals surface area contributed by atoms with Crippen molar-refractivity contribution < 1.29 is 19.1 Å². The van der Waals surface area contributed by atoms with E-state index in [1.807, 2.05) is 6.07 Å². The Bertz CT molecular complexity index is 1030. The predicted octanol–water partition coefficient (Wildman–Crippen LogP) is 3.06. The Morgan fingerprint density at radius 1 is 1.29 bits per heavy atom. The number of anilines is 1. The number of carbonyl (C=O) groups is 3. The summed E-state index contributed by atoms with van der Waals surface area (Å²) in [5, 5.41) is 7.33. The normalized spacial score (nSPS) is 10.4. The van der Waals surface area contributed by atoms with Crippen molar-refractivity contribution in [3.63, 3.8) is 0 Å². The van der Waals surface area contributed by atoms with Gasteiger partial charge in [0.2, 0.25) is 5.91 Å². The molecule has 2 aromatic heterocycles. The zero-order valence-electron chi connectivity index (χ0n) is 14.6. The van der Waals surface area contributed by atoms with Crippen LogP contribution in [0.4, 0.5) is 5.13 Å². The van der Waals surface area contributed by atoms with Crippen LogP contribution in [0.5, 0.6) is 0 Å². The second-order valence-corrected chi connectivity index (χ2v) is 7.35. The zero-order valence-corrected chi connectivity index (χ0v) is 17.0. The molecule has 28 heavy (non-hydrogen) atoms. The molecule has 10 heteroatoms. The number of rotatable bonds is 6. The summed E-state index contributed by atoms with van der Waals surface area (Å²) in [7, 11) is 1.30. The molecule has 3 rings (SSSR count). The summed E-state index contributed by atoms with van der Waals surface area (Å²) < 4.78 is 5.42. The average Bonchev–Trinajstić information content (AvgIpc) is 3.35. The molecule has 3 N–H and O–H groups in total. The van der Waals surface area contributed by atoms with Crippen molar-refractivity contribution in [3.8, 4) is 11.3 Å². The molecule has 0 fully saturated rings. The third-order valence-electron chi connectivity index (χ3n) is 3.63. The van der Waals surface area contributed by atoms with Crippen LogP contribution in [0.1, 0.15) is 20.8 Å². The molecule has 0 aliphatic rings. The minimum absolute atomic E-state index is 0.184. The monoisotopic (exact) mass is 462 g/mol. The highest BCUT2D eigenvalue weighted by molar-refractivity contribution is 9.10. The average molecular weight is 463 g/mol. The van der Waals surface area contributed by atoms with Crippen molar-refractivity contribution in [3.05, 3.63) is 57.6 Å². The number of methoxy groups -OCH3 is 1. The fourth-order valence-corrected chi connectivity index (χ4v) is 3.42. The molecule has 0 unspecified atom stereocenters. The Hall–Kier alpha value is -2.98. The first-order valence-corrected chi connectivity index (χ1v) is 9.70. The van der Waals surface area contributed by atoms with E-state index in [1.54, 1.807) is 35.8 Å². The van der Waals surface area contributed by atoms with Gasteiger partial charge in [0.1, 0.15) is 5.69 Å². The number of thiazole rings is 1. The van der Waals surface area contributed by atoms with Gasteiger partial charge < -0.3 is 20.4 Å². The number of benzene rings is 1. The van der Waals surface area contributed by atoms with Crippen LogP contribution in [0.25, 0.3) is 11.3 Å². The summed E-state index contributed by atoms with van der Waals surface area (Å²) >= 11 is 4.53. The van der Waals surface area contributed by atoms with E-state index in [4.69, 9.17) is 0 Å². The molecule has 0 atom stereocenters. The number of nitrogens with one attached hydrogen (secondary N) is 3. The van der Waals surface area contributed by atoms with Gasteiger partial charge in [-0.1, -0.05) is 22.0 Å². The molecule has 3 aromatic rings. The molecule has 2 heterocycles. The highest BCUT2D eigenvalue weighted by atomic mass is 79.9. The first-order valence-electron chi connectivity index (χ1n) is 8.02. The summed E-state index contributed by atoms with van der Waals surface area (Å²) in [5.74, 6) is -1.22. The van der Waals surface area contributed by atoms with Crippen LogP contribution in [0, 0.1) is 0 Å². The van der Waals surface area contributed by atoms with Gasteiger partial charge in [-0.05, 0) is 24.3 Å². The van der Waals surface area contributed by atoms with Gasteiger partial charge in [0.15, 0.2) is 5.13 Å². The Morgan fingerprint density at radius 3 is 2.86 bits per heavy atom. The third kappa shape index (κ3) is 4.84. The number of amides is 2. The van der Waals surface area contributed by atoms with Gasteiger partial charge >= 0.3 is 5.97 Å². The lowest BCUT2D eigenvalue weighted by Crippen LogP contribution is -2.32. The maximum atomic E-state index is 12.1. The fraction of sp³-hybridized carbons (Fsp3) is 0.111. The third-order valence-corrected chi connectivity index (χ3v) is 4.88. The number of ether oxygens (including phenoxy) is 1. The van der Waals surface area contributed by atoms with Crippen LogP contribution < -0.4 is 10.6 Å². The van der Waals surface area contributed by atoms with Crippen molar-refractivity contribution in [1.82, 2.24) is 15.3 Å². The summed E-state index contributed by atoms with van der Waals surface area (Å²) in [6, 6.07) is 8.49. The quantitative estimate of drug-likeness (QED) is 0.487. The Labute approximate surface area is 172 Å². The lowest BCUT2D eigenvalue weighted by Gasteiger charge is -2.05. The second-order valence-electron chi connectivity index (χ2n) is 5.57. The molecule has 0 spiro atoms. The zero-order chi connectivity index (χ0) is 20.1. The summed E-state index contributed by atoms with van der Waals surface area (Å²) in [4.78, 5) is 42.7. The smallest absolute Gasteiger partial charge is 0.354 e. The van der Waals surface area contributed by atoms with Crippen LogP contribution in [-0.2, 0) is 9.53 Å². The molecule has 0 aliphatic heterocycles. The first kappa shape index (κ1) is 19.8. The van der Waals surface area contributed by atoms with E-state index in [1.165, 1.54) is 18.4 Å². The molecule has 2 amide bonds. The number of hydrogen-bond acceptors (Lipinski definition) is 6.